The van der Waals surface area contributed by atoms with Crippen LogP contribution < -0.4 is 0 Å². The average molecular weight is 1360 g/mol. The summed E-state index contributed by atoms with van der Waals surface area (Å²) in [5.41, 5.74) is 0. The SMILES string of the molecule is CC(C)CCCC1CCC(C(=O)OCCOC(=O)CCN(CCCCCCN(CCC(=O)OCCOC(=O)C2CCC(CCCC(C)C)CC2)CCC(=O)OCCOC(=O)C2CCC(CCCC(C)C)CC2)CCC(=O)OCCOC(=O)C2CCC(CCCC(C)C)CC2)CC1. The topological polar surface area (TPSA) is 217 Å². The third-order valence-corrected chi connectivity index (χ3v) is 20.9. The van der Waals surface area contributed by atoms with E-state index in [4.69, 9.17) is 37.9 Å². The molecule has 554 valence electrons. The first kappa shape index (κ1) is 84.1. The maximum atomic E-state index is 13.0. The van der Waals surface area contributed by atoms with E-state index < -0.39 is 23.9 Å². The van der Waals surface area contributed by atoms with Crippen molar-refractivity contribution in [1.29, 1.82) is 0 Å². The Kier molecular flexibility index (Phi) is 44.6. The monoisotopic (exact) mass is 1360 g/mol. The van der Waals surface area contributed by atoms with E-state index in [-0.39, 0.29) is 126 Å². The zero-order valence-electron chi connectivity index (χ0n) is 61.7. The van der Waals surface area contributed by atoms with Gasteiger partial charge in [0, 0.05) is 26.2 Å². The van der Waals surface area contributed by atoms with Crippen molar-refractivity contribution < 1.29 is 76.3 Å². The van der Waals surface area contributed by atoms with Gasteiger partial charge >= 0.3 is 47.8 Å². The molecule has 4 aliphatic rings. The maximum absolute atomic E-state index is 13.0. The highest BCUT2D eigenvalue weighted by atomic mass is 16.6. The van der Waals surface area contributed by atoms with Crippen LogP contribution in [-0.2, 0) is 76.3 Å². The molecule has 0 saturated heterocycles. The van der Waals surface area contributed by atoms with Gasteiger partial charge < -0.3 is 47.7 Å². The molecule has 0 aromatic carbocycles. The average Bonchev–Trinajstić information content (AvgIpc) is 2.48. The molecule has 4 saturated carbocycles. The van der Waals surface area contributed by atoms with Gasteiger partial charge in [0.1, 0.15) is 52.9 Å². The van der Waals surface area contributed by atoms with Gasteiger partial charge in [-0.25, -0.2) is 0 Å². The van der Waals surface area contributed by atoms with Crippen molar-refractivity contribution in [1.82, 2.24) is 9.80 Å². The molecule has 0 aromatic heterocycles. The summed E-state index contributed by atoms with van der Waals surface area (Å²) in [5.74, 6) is 2.50. The standard InChI is InChI=1S/C78H136N2O16/c1-59(2)17-13-21-63-25-33-67(34-26-63)75(85)93-55-51-89-71(81)41-47-79(48-42-72(82)90-52-56-94-76(86)68-35-27-64(28-36-68)22-14-18-60(3)4)45-11-9-10-12-46-80(49-43-73(83)91-53-57-95-77(87)69-37-29-65(30-38-69)23-15-19-61(5)6)50-44-74(84)92-54-58-96-78(88)70-39-31-66(32-40-70)24-16-20-62(7)8/h59-70H,9-58H2,1-8H3. The zero-order valence-corrected chi connectivity index (χ0v) is 61.7. The van der Waals surface area contributed by atoms with Crippen LogP contribution in [0, 0.1) is 71.0 Å². The maximum Gasteiger partial charge on any atom is 0.309 e. The number of carbonyl (C=O) groups is 8. The Hall–Kier alpha value is -4.32. The van der Waals surface area contributed by atoms with Crippen LogP contribution in [0.5, 0.6) is 0 Å². The largest absolute Gasteiger partial charge is 0.462 e. The van der Waals surface area contributed by atoms with E-state index in [0.717, 1.165) is 128 Å². The molecule has 0 atom stereocenters. The highest BCUT2D eigenvalue weighted by molar-refractivity contribution is 5.74. The predicted octanol–water partition coefficient (Wildman–Crippen LogP) is 15.6. The molecular formula is C78H136N2O16. The van der Waals surface area contributed by atoms with Crippen LogP contribution in [-0.4, -0.2) is 150 Å². The molecule has 96 heavy (non-hydrogen) atoms. The second-order valence-electron chi connectivity index (χ2n) is 30.8. The molecule has 0 amide bonds. The lowest BCUT2D eigenvalue weighted by molar-refractivity contribution is -0.156. The van der Waals surface area contributed by atoms with Gasteiger partial charge in [0.2, 0.25) is 0 Å². The van der Waals surface area contributed by atoms with Crippen LogP contribution >= 0.6 is 0 Å². The summed E-state index contributed by atoms with van der Waals surface area (Å²) in [6.07, 6.45) is 33.2. The fraction of sp³-hybridized carbons (Fsp3) is 0.897. The van der Waals surface area contributed by atoms with Crippen molar-refractivity contribution in [2.24, 2.45) is 71.0 Å². The molecule has 0 bridgehead atoms. The highest BCUT2D eigenvalue weighted by Crippen LogP contribution is 2.37. The lowest BCUT2D eigenvalue weighted by Gasteiger charge is -2.27. The smallest absolute Gasteiger partial charge is 0.309 e. The molecule has 4 aliphatic carbocycles. The Morgan fingerprint density at radius 3 is 0.656 bits per heavy atom. The molecule has 0 aliphatic heterocycles. The van der Waals surface area contributed by atoms with Gasteiger partial charge in [-0.05, 0) is 176 Å². The lowest BCUT2D eigenvalue weighted by Crippen LogP contribution is -2.31. The minimum atomic E-state index is -0.424. The van der Waals surface area contributed by atoms with Crippen molar-refractivity contribution in [2.75, 3.05) is 92.1 Å². The molecule has 0 spiro atoms. The highest BCUT2D eigenvalue weighted by Gasteiger charge is 2.31. The first-order valence-corrected chi connectivity index (χ1v) is 39.0. The summed E-state index contributed by atoms with van der Waals surface area (Å²) in [6, 6.07) is 0. The zero-order chi connectivity index (χ0) is 69.7. The summed E-state index contributed by atoms with van der Waals surface area (Å²) < 4.78 is 44.2. The molecule has 4 fully saturated rings. The second-order valence-corrected chi connectivity index (χ2v) is 30.8. The van der Waals surface area contributed by atoms with E-state index in [2.05, 4.69) is 55.4 Å². The van der Waals surface area contributed by atoms with Crippen molar-refractivity contribution in [3.05, 3.63) is 0 Å². The minimum absolute atomic E-state index is 0.00561. The Balaban J connectivity index is 1.22. The Morgan fingerprint density at radius 2 is 0.458 bits per heavy atom. The van der Waals surface area contributed by atoms with E-state index in [1.165, 1.54) is 77.0 Å². The Bertz CT molecular complexity index is 1850. The van der Waals surface area contributed by atoms with Crippen LogP contribution in [0.1, 0.15) is 287 Å². The van der Waals surface area contributed by atoms with Gasteiger partial charge in [0.25, 0.3) is 0 Å². The van der Waals surface area contributed by atoms with Gasteiger partial charge in [0.05, 0.1) is 49.4 Å². The van der Waals surface area contributed by atoms with E-state index in [9.17, 15) is 38.4 Å². The predicted molar refractivity (Wildman–Crippen MR) is 374 cm³/mol. The van der Waals surface area contributed by atoms with E-state index >= 15 is 0 Å². The fourth-order valence-electron chi connectivity index (χ4n) is 14.7. The molecular weight excluding hydrogens is 1220 g/mol. The fourth-order valence-corrected chi connectivity index (χ4v) is 14.7. The first-order valence-electron chi connectivity index (χ1n) is 39.0. The van der Waals surface area contributed by atoms with Gasteiger partial charge in [-0.1, -0.05) is 145 Å². The number of ether oxygens (including phenoxy) is 8. The number of carbonyl (C=O) groups excluding carboxylic acids is 8. The molecule has 0 radical (unpaired) electrons. The molecule has 0 unspecified atom stereocenters. The lowest BCUT2D eigenvalue weighted by atomic mass is 9.79. The van der Waals surface area contributed by atoms with Crippen LogP contribution in [0.4, 0.5) is 0 Å². The number of esters is 8. The summed E-state index contributed by atoms with van der Waals surface area (Å²) in [4.78, 5) is 108. The van der Waals surface area contributed by atoms with Crippen LogP contribution in [0.2, 0.25) is 0 Å². The quantitative estimate of drug-likeness (QED) is 0.0314. The molecule has 0 aromatic rings. The Morgan fingerprint density at radius 1 is 0.260 bits per heavy atom. The van der Waals surface area contributed by atoms with Gasteiger partial charge in [-0.2, -0.15) is 0 Å². The van der Waals surface area contributed by atoms with Gasteiger partial charge in [0.15, 0.2) is 0 Å². The third-order valence-electron chi connectivity index (χ3n) is 20.9. The summed E-state index contributed by atoms with van der Waals surface area (Å²) in [6.45, 7) is 20.5. The number of unbranched alkanes of at least 4 members (excludes halogenated alkanes) is 3. The molecule has 0 heterocycles. The number of hydrogen-bond donors (Lipinski definition) is 0. The van der Waals surface area contributed by atoms with Crippen molar-refractivity contribution >= 4 is 47.8 Å². The minimum Gasteiger partial charge on any atom is -0.462 e. The summed E-state index contributed by atoms with van der Waals surface area (Å²) >= 11 is 0. The number of rotatable bonds is 51. The molecule has 4 rings (SSSR count). The van der Waals surface area contributed by atoms with E-state index in [1.807, 2.05) is 9.80 Å². The van der Waals surface area contributed by atoms with Crippen LogP contribution in [0.25, 0.3) is 0 Å². The first-order chi connectivity index (χ1) is 46.2. The third kappa shape index (κ3) is 40.1. The van der Waals surface area contributed by atoms with Crippen LogP contribution in [0.3, 0.4) is 0 Å². The van der Waals surface area contributed by atoms with Crippen molar-refractivity contribution in [3.63, 3.8) is 0 Å². The second kappa shape index (κ2) is 50.9. The van der Waals surface area contributed by atoms with Crippen molar-refractivity contribution in [2.45, 2.75) is 287 Å². The van der Waals surface area contributed by atoms with Gasteiger partial charge in [-0.15, -0.1) is 0 Å². The summed E-state index contributed by atoms with van der Waals surface area (Å²) in [7, 11) is 0. The van der Waals surface area contributed by atoms with Gasteiger partial charge in [-0.3, -0.25) is 38.4 Å². The summed E-state index contributed by atoms with van der Waals surface area (Å²) in [5, 5.41) is 0. The van der Waals surface area contributed by atoms with Crippen LogP contribution in [0.15, 0.2) is 0 Å². The molecule has 18 nitrogen and oxygen atoms in total. The van der Waals surface area contributed by atoms with E-state index in [1.54, 1.807) is 0 Å². The molecule has 18 heteroatoms. The normalized spacial score (nSPS) is 21.5. The van der Waals surface area contributed by atoms with E-state index in [0.29, 0.717) is 86.6 Å². The Labute approximate surface area is 581 Å². The number of nitrogens with zero attached hydrogens (tertiary/aromatic N) is 2. The molecule has 0 N–H and O–H groups in total. The van der Waals surface area contributed by atoms with Crippen molar-refractivity contribution in [3.8, 4) is 0 Å². The number of hydrogen-bond acceptors (Lipinski definition) is 18.